The molecule has 0 bridgehead atoms. The third kappa shape index (κ3) is 2.74. The minimum Gasteiger partial charge on any atom is -0.384 e. The molecular weight excluding hydrogens is 226 g/mol. The van der Waals surface area contributed by atoms with Gasteiger partial charge in [0.05, 0.1) is 11.9 Å². The van der Waals surface area contributed by atoms with Crippen LogP contribution < -0.4 is 0 Å². The fourth-order valence-corrected chi connectivity index (χ4v) is 2.91. The van der Waals surface area contributed by atoms with Crippen molar-refractivity contribution in [3.05, 3.63) is 11.9 Å². The summed E-state index contributed by atoms with van der Waals surface area (Å²) in [5.74, 6) is 0. The topological polar surface area (TPSA) is 50.9 Å². The van der Waals surface area contributed by atoms with Crippen LogP contribution in [0, 0.1) is 5.41 Å². The second-order valence-corrected chi connectivity index (χ2v) is 6.39. The highest BCUT2D eigenvalue weighted by molar-refractivity contribution is 5.09. The molecule has 4 heteroatoms. The van der Waals surface area contributed by atoms with Gasteiger partial charge in [0.25, 0.3) is 0 Å². The molecule has 0 amide bonds. The molecule has 1 unspecified atom stereocenters. The Labute approximate surface area is 109 Å². The van der Waals surface area contributed by atoms with Crippen LogP contribution in [0.1, 0.15) is 65.0 Å². The molecular formula is C14H25N3O. The molecule has 1 aromatic heterocycles. The number of rotatable bonds is 3. The van der Waals surface area contributed by atoms with Gasteiger partial charge in [0.15, 0.2) is 0 Å². The Bertz CT molecular complexity index is 399. The maximum atomic E-state index is 11.0. The van der Waals surface area contributed by atoms with Gasteiger partial charge in [-0.05, 0) is 43.9 Å². The fourth-order valence-electron chi connectivity index (χ4n) is 2.91. The molecule has 1 aromatic rings. The van der Waals surface area contributed by atoms with Crippen molar-refractivity contribution in [3.63, 3.8) is 0 Å². The monoisotopic (exact) mass is 251 g/mol. The molecule has 0 aromatic carbocycles. The number of aryl methyl sites for hydroxylation is 1. The van der Waals surface area contributed by atoms with E-state index in [4.69, 9.17) is 0 Å². The van der Waals surface area contributed by atoms with Crippen LogP contribution in [0.2, 0.25) is 0 Å². The Morgan fingerprint density at radius 2 is 2.06 bits per heavy atom. The van der Waals surface area contributed by atoms with Gasteiger partial charge in [-0.1, -0.05) is 26.0 Å². The minimum atomic E-state index is -0.730. The van der Waals surface area contributed by atoms with Gasteiger partial charge in [-0.15, -0.1) is 5.10 Å². The Hall–Kier alpha value is -0.900. The summed E-state index contributed by atoms with van der Waals surface area (Å²) in [5, 5.41) is 19.0. The molecule has 1 aliphatic rings. The number of aromatic nitrogens is 3. The summed E-state index contributed by atoms with van der Waals surface area (Å²) in [6, 6.07) is 0. The Kier molecular flexibility index (Phi) is 3.76. The quantitative estimate of drug-likeness (QED) is 0.840. The molecule has 1 atom stereocenters. The molecule has 18 heavy (non-hydrogen) atoms. The van der Waals surface area contributed by atoms with Gasteiger partial charge in [0.1, 0.15) is 5.60 Å². The molecule has 0 aliphatic heterocycles. The molecule has 4 nitrogen and oxygen atoms in total. The van der Waals surface area contributed by atoms with Crippen molar-refractivity contribution in [1.29, 1.82) is 0 Å². The third-order valence-corrected chi connectivity index (χ3v) is 4.19. The van der Waals surface area contributed by atoms with Gasteiger partial charge in [-0.3, -0.25) is 0 Å². The first-order valence-corrected chi connectivity index (χ1v) is 7.08. The Balaban J connectivity index is 2.22. The van der Waals surface area contributed by atoms with Crippen molar-refractivity contribution >= 4 is 0 Å². The normalized spacial score (nSPS) is 28.0. The van der Waals surface area contributed by atoms with Gasteiger partial charge < -0.3 is 5.11 Å². The van der Waals surface area contributed by atoms with Crippen molar-refractivity contribution in [1.82, 2.24) is 15.0 Å². The zero-order valence-corrected chi connectivity index (χ0v) is 11.8. The smallest absolute Gasteiger partial charge is 0.108 e. The van der Waals surface area contributed by atoms with E-state index in [-0.39, 0.29) is 0 Å². The van der Waals surface area contributed by atoms with Crippen LogP contribution >= 0.6 is 0 Å². The number of aliphatic hydroxyl groups is 1. The van der Waals surface area contributed by atoms with E-state index in [2.05, 4.69) is 31.1 Å². The van der Waals surface area contributed by atoms with Crippen LogP contribution in [0.25, 0.3) is 0 Å². The van der Waals surface area contributed by atoms with E-state index < -0.39 is 5.60 Å². The van der Waals surface area contributed by atoms with E-state index in [1.165, 1.54) is 6.42 Å². The summed E-state index contributed by atoms with van der Waals surface area (Å²) in [5.41, 5.74) is 0.516. The lowest BCUT2D eigenvalue weighted by Crippen LogP contribution is -2.29. The molecule has 1 aliphatic carbocycles. The highest BCUT2D eigenvalue weighted by Gasteiger charge is 2.37. The lowest BCUT2D eigenvalue weighted by molar-refractivity contribution is 0.00921. The summed E-state index contributed by atoms with van der Waals surface area (Å²) in [6.45, 7) is 7.54. The third-order valence-electron chi connectivity index (χ3n) is 4.19. The van der Waals surface area contributed by atoms with E-state index in [9.17, 15) is 5.11 Å². The molecule has 1 fully saturated rings. The zero-order chi connectivity index (χ0) is 13.2. The number of nitrogens with zero attached hydrogens (tertiary/aromatic N) is 3. The van der Waals surface area contributed by atoms with Crippen molar-refractivity contribution < 1.29 is 5.11 Å². The first-order valence-electron chi connectivity index (χ1n) is 7.08. The van der Waals surface area contributed by atoms with Crippen molar-refractivity contribution in [3.8, 4) is 0 Å². The van der Waals surface area contributed by atoms with Crippen LogP contribution in [0.3, 0.4) is 0 Å². The van der Waals surface area contributed by atoms with E-state index >= 15 is 0 Å². The standard InChI is InChI=1S/C14H25N3O/c1-4-10-17-12(11-15-16-17)14(18)7-5-6-13(2,3)8-9-14/h11,18H,4-10H2,1-3H3. The van der Waals surface area contributed by atoms with Gasteiger partial charge >= 0.3 is 0 Å². The maximum absolute atomic E-state index is 11.0. The molecule has 102 valence electrons. The molecule has 2 rings (SSSR count). The maximum Gasteiger partial charge on any atom is 0.108 e. The predicted octanol–water partition coefficient (Wildman–Crippen LogP) is 2.87. The van der Waals surface area contributed by atoms with Crippen LogP contribution in [-0.2, 0) is 12.1 Å². The molecule has 0 spiro atoms. The summed E-state index contributed by atoms with van der Waals surface area (Å²) in [7, 11) is 0. The zero-order valence-electron chi connectivity index (χ0n) is 11.8. The van der Waals surface area contributed by atoms with Crippen molar-refractivity contribution in [2.75, 3.05) is 0 Å². The Morgan fingerprint density at radius 1 is 1.28 bits per heavy atom. The largest absolute Gasteiger partial charge is 0.384 e. The Morgan fingerprint density at radius 3 is 2.78 bits per heavy atom. The van der Waals surface area contributed by atoms with Gasteiger partial charge in [-0.25, -0.2) is 4.68 Å². The number of hydrogen-bond acceptors (Lipinski definition) is 3. The van der Waals surface area contributed by atoms with Crippen LogP contribution in [0.5, 0.6) is 0 Å². The van der Waals surface area contributed by atoms with Gasteiger partial charge in [-0.2, -0.15) is 0 Å². The lowest BCUT2D eigenvalue weighted by atomic mass is 9.84. The van der Waals surface area contributed by atoms with Gasteiger partial charge in [0, 0.05) is 6.54 Å². The molecule has 0 saturated heterocycles. The van der Waals surface area contributed by atoms with Crippen LogP contribution in [0.15, 0.2) is 6.20 Å². The minimum absolute atomic E-state index is 0.341. The SMILES string of the molecule is CCCn1nncc1C1(O)CCCC(C)(C)CC1. The molecule has 1 saturated carbocycles. The van der Waals surface area contributed by atoms with Crippen LogP contribution in [-0.4, -0.2) is 20.1 Å². The van der Waals surface area contributed by atoms with Crippen molar-refractivity contribution in [2.45, 2.75) is 71.4 Å². The van der Waals surface area contributed by atoms with E-state index in [1.54, 1.807) is 6.20 Å². The average molecular weight is 251 g/mol. The second kappa shape index (κ2) is 5.00. The summed E-state index contributed by atoms with van der Waals surface area (Å²) < 4.78 is 1.87. The van der Waals surface area contributed by atoms with Crippen molar-refractivity contribution in [2.24, 2.45) is 5.41 Å². The summed E-state index contributed by atoms with van der Waals surface area (Å²) >= 11 is 0. The van der Waals surface area contributed by atoms with E-state index in [0.717, 1.165) is 44.3 Å². The average Bonchev–Trinajstić information content (AvgIpc) is 2.71. The molecule has 0 radical (unpaired) electrons. The van der Waals surface area contributed by atoms with E-state index in [1.807, 2.05) is 4.68 Å². The fraction of sp³-hybridized carbons (Fsp3) is 0.857. The molecule has 1 heterocycles. The molecule has 1 N–H and O–H groups in total. The first kappa shape index (κ1) is 13.5. The number of hydrogen-bond donors (Lipinski definition) is 1. The summed E-state index contributed by atoms with van der Waals surface area (Å²) in [6.07, 6.45) is 7.71. The predicted molar refractivity (Wildman–Crippen MR) is 71.1 cm³/mol. The van der Waals surface area contributed by atoms with E-state index in [0.29, 0.717) is 5.41 Å². The lowest BCUT2D eigenvalue weighted by Gasteiger charge is -2.28. The first-order chi connectivity index (χ1) is 8.47. The van der Waals surface area contributed by atoms with Gasteiger partial charge in [0.2, 0.25) is 0 Å². The second-order valence-electron chi connectivity index (χ2n) is 6.39. The highest BCUT2D eigenvalue weighted by Crippen LogP contribution is 2.42. The summed E-state index contributed by atoms with van der Waals surface area (Å²) in [4.78, 5) is 0. The highest BCUT2D eigenvalue weighted by atomic mass is 16.3. The van der Waals surface area contributed by atoms with Crippen LogP contribution in [0.4, 0.5) is 0 Å².